The summed E-state index contributed by atoms with van der Waals surface area (Å²) in [6.45, 7) is -1.55. The van der Waals surface area contributed by atoms with E-state index in [1.807, 2.05) is 0 Å². The number of fused-ring (bicyclic) bond motifs is 4. The summed E-state index contributed by atoms with van der Waals surface area (Å²) in [6.07, 6.45) is -6.03. The number of hydrogen-bond acceptors (Lipinski definition) is 10. The molecule has 33 heavy (non-hydrogen) atoms. The quantitative estimate of drug-likeness (QED) is 0.512. The third-order valence-corrected chi connectivity index (χ3v) is 3.83. The SMILES string of the molecule is O=C1NCCNc2nc(nc(OCC(F)(F)F)n2)Nc2cccc(c2)CNC(=O)OCCO1. The highest BCUT2D eigenvalue weighted by Crippen LogP contribution is 2.20. The molecule has 4 bridgehead atoms. The molecule has 2 heterocycles. The maximum Gasteiger partial charge on any atom is 0.422 e. The smallest absolute Gasteiger partial charge is 0.422 e. The molecule has 0 atom stereocenters. The molecule has 0 unspecified atom stereocenters. The summed E-state index contributed by atoms with van der Waals surface area (Å²) in [7, 11) is 0. The Morgan fingerprint density at radius 1 is 0.939 bits per heavy atom. The molecule has 15 heteroatoms. The number of halogens is 3. The molecule has 12 nitrogen and oxygen atoms in total. The van der Waals surface area contributed by atoms with Gasteiger partial charge < -0.3 is 35.5 Å². The van der Waals surface area contributed by atoms with Crippen LogP contribution in [0.3, 0.4) is 0 Å². The second-order valence-corrected chi connectivity index (χ2v) is 6.47. The first-order chi connectivity index (χ1) is 15.8. The van der Waals surface area contributed by atoms with E-state index in [-0.39, 0.29) is 44.7 Å². The van der Waals surface area contributed by atoms with E-state index in [0.29, 0.717) is 11.3 Å². The Kier molecular flexibility index (Phi) is 7.88. The zero-order valence-corrected chi connectivity index (χ0v) is 17.1. The molecule has 0 aliphatic carbocycles. The van der Waals surface area contributed by atoms with Crippen molar-refractivity contribution < 1.29 is 37.0 Å². The monoisotopic (exact) mass is 471 g/mol. The number of anilines is 3. The number of nitrogens with one attached hydrogen (secondary N) is 4. The van der Waals surface area contributed by atoms with Crippen molar-refractivity contribution in [3.8, 4) is 6.01 Å². The van der Waals surface area contributed by atoms with Gasteiger partial charge in [-0.1, -0.05) is 12.1 Å². The van der Waals surface area contributed by atoms with Crippen molar-refractivity contribution in [2.45, 2.75) is 12.7 Å². The lowest BCUT2D eigenvalue weighted by atomic mass is 10.2. The number of amides is 2. The van der Waals surface area contributed by atoms with Gasteiger partial charge in [-0.3, -0.25) is 0 Å². The minimum Gasteiger partial charge on any atom is -0.454 e. The number of ether oxygens (including phenoxy) is 3. The molecule has 0 saturated heterocycles. The van der Waals surface area contributed by atoms with Crippen LogP contribution >= 0.6 is 0 Å². The Labute approximate surface area is 185 Å². The lowest BCUT2D eigenvalue weighted by Gasteiger charge is -2.12. The number of carbonyl (C=O) groups excluding carboxylic acids is 2. The molecule has 2 aromatic rings. The lowest BCUT2D eigenvalue weighted by Crippen LogP contribution is -2.31. The molecule has 0 radical (unpaired) electrons. The third kappa shape index (κ3) is 8.54. The fraction of sp³-hybridized carbons (Fsp3) is 0.389. The molecule has 1 aromatic carbocycles. The minimum atomic E-state index is -4.58. The highest BCUT2D eigenvalue weighted by molar-refractivity contribution is 5.68. The van der Waals surface area contributed by atoms with E-state index in [4.69, 9.17) is 9.47 Å². The van der Waals surface area contributed by atoms with Crippen LogP contribution in [-0.4, -0.2) is 66.2 Å². The van der Waals surface area contributed by atoms with Crippen molar-refractivity contribution in [3.05, 3.63) is 29.8 Å². The zero-order chi connectivity index (χ0) is 23.7. The van der Waals surface area contributed by atoms with Gasteiger partial charge in [0.05, 0.1) is 0 Å². The van der Waals surface area contributed by atoms with Crippen LogP contribution in [-0.2, 0) is 16.0 Å². The third-order valence-electron chi connectivity index (χ3n) is 3.83. The molecular formula is C18H20F3N7O5. The van der Waals surface area contributed by atoms with E-state index in [9.17, 15) is 22.8 Å². The lowest BCUT2D eigenvalue weighted by molar-refractivity contribution is -0.154. The van der Waals surface area contributed by atoms with Crippen LogP contribution in [0, 0.1) is 0 Å². The summed E-state index contributed by atoms with van der Waals surface area (Å²) in [5.41, 5.74) is 1.19. The predicted octanol–water partition coefficient (Wildman–Crippen LogP) is 1.93. The van der Waals surface area contributed by atoms with Crippen molar-refractivity contribution in [1.82, 2.24) is 25.6 Å². The second-order valence-electron chi connectivity index (χ2n) is 6.47. The van der Waals surface area contributed by atoms with Gasteiger partial charge >= 0.3 is 24.4 Å². The van der Waals surface area contributed by atoms with E-state index >= 15 is 0 Å². The van der Waals surface area contributed by atoms with Gasteiger partial charge in [-0.25, -0.2) is 9.59 Å². The van der Waals surface area contributed by atoms with Crippen LogP contribution in [0.15, 0.2) is 24.3 Å². The predicted molar refractivity (Wildman–Crippen MR) is 107 cm³/mol. The van der Waals surface area contributed by atoms with Crippen molar-refractivity contribution >= 4 is 29.8 Å². The summed E-state index contributed by atoms with van der Waals surface area (Å²) >= 11 is 0. The van der Waals surface area contributed by atoms with E-state index < -0.39 is 31.0 Å². The second kappa shape index (κ2) is 11.0. The first kappa shape index (κ1) is 23.6. The standard InChI is InChI=1S/C18H20F3N7O5/c19-18(20,21)10-33-15-27-13-22-4-5-23-16(29)31-6-7-32-17(30)24-9-11-2-1-3-12(8-11)25-14(26-13)28-15/h1-3,8H,4-7,9-10H2,(H,23,29)(H,24,30)(H2,22,25,26,27,28). The van der Waals surface area contributed by atoms with Crippen molar-refractivity contribution in [2.24, 2.45) is 0 Å². The molecule has 178 valence electrons. The summed E-state index contributed by atoms with van der Waals surface area (Å²) in [4.78, 5) is 35.1. The summed E-state index contributed by atoms with van der Waals surface area (Å²) < 4.78 is 52.0. The number of carbonyl (C=O) groups is 2. The highest BCUT2D eigenvalue weighted by Gasteiger charge is 2.29. The van der Waals surface area contributed by atoms with Crippen molar-refractivity contribution in [2.75, 3.05) is 43.5 Å². The van der Waals surface area contributed by atoms with Gasteiger partial charge in [-0.15, -0.1) is 0 Å². The Balaban J connectivity index is 1.81. The maximum absolute atomic E-state index is 12.5. The first-order valence-electron chi connectivity index (χ1n) is 9.63. The Morgan fingerprint density at radius 2 is 1.64 bits per heavy atom. The number of benzene rings is 1. The van der Waals surface area contributed by atoms with Gasteiger partial charge in [0.25, 0.3) is 0 Å². The van der Waals surface area contributed by atoms with Gasteiger partial charge in [0, 0.05) is 25.3 Å². The van der Waals surface area contributed by atoms with Gasteiger partial charge in [0.15, 0.2) is 6.61 Å². The summed E-state index contributed by atoms with van der Waals surface area (Å²) in [5.74, 6) is -0.158. The average molecular weight is 471 g/mol. The average Bonchev–Trinajstić information content (AvgIpc) is 2.76. The van der Waals surface area contributed by atoms with Gasteiger partial charge in [-0.05, 0) is 17.7 Å². The van der Waals surface area contributed by atoms with Crippen molar-refractivity contribution in [1.29, 1.82) is 0 Å². The summed E-state index contributed by atoms with van der Waals surface area (Å²) in [5, 5.41) is 10.6. The number of alkyl halides is 3. The van der Waals surface area contributed by atoms with E-state index in [2.05, 4.69) is 41.0 Å². The van der Waals surface area contributed by atoms with Crippen LogP contribution in [0.25, 0.3) is 0 Å². The highest BCUT2D eigenvalue weighted by atomic mass is 19.4. The molecular weight excluding hydrogens is 451 g/mol. The molecule has 1 aliphatic heterocycles. The van der Waals surface area contributed by atoms with Crippen LogP contribution < -0.4 is 26.0 Å². The van der Waals surface area contributed by atoms with Gasteiger partial charge in [0.1, 0.15) is 13.2 Å². The molecule has 0 saturated carbocycles. The number of rotatable bonds is 2. The molecule has 1 aromatic heterocycles. The normalized spacial score (nSPS) is 15.6. The largest absolute Gasteiger partial charge is 0.454 e. The van der Waals surface area contributed by atoms with Crippen LogP contribution in [0.5, 0.6) is 6.01 Å². The minimum absolute atomic E-state index is 0.0745. The zero-order valence-electron chi connectivity index (χ0n) is 17.1. The number of hydrogen-bond donors (Lipinski definition) is 4. The molecule has 0 fully saturated rings. The van der Waals surface area contributed by atoms with E-state index in [1.54, 1.807) is 24.3 Å². The molecule has 4 N–H and O–H groups in total. The maximum atomic E-state index is 12.5. The first-order valence-corrected chi connectivity index (χ1v) is 9.63. The number of alkyl carbamates (subject to hydrolysis) is 2. The molecule has 3 rings (SSSR count). The number of aromatic nitrogens is 3. The van der Waals surface area contributed by atoms with Gasteiger partial charge in [-0.2, -0.15) is 28.1 Å². The Hall–Kier alpha value is -4.04. The van der Waals surface area contributed by atoms with Crippen LogP contribution in [0.4, 0.5) is 40.3 Å². The van der Waals surface area contributed by atoms with E-state index in [0.717, 1.165) is 0 Å². The topological polar surface area (TPSA) is 149 Å². The van der Waals surface area contributed by atoms with Crippen LogP contribution in [0.2, 0.25) is 0 Å². The van der Waals surface area contributed by atoms with E-state index in [1.165, 1.54) is 0 Å². The molecule has 0 spiro atoms. The Morgan fingerprint density at radius 3 is 2.39 bits per heavy atom. The Bertz CT molecular complexity index is 977. The molecule has 1 aliphatic rings. The number of nitrogens with zero attached hydrogens (tertiary/aromatic N) is 3. The summed E-state index contributed by atoms with van der Waals surface area (Å²) in [6, 6.07) is 6.22. The fourth-order valence-corrected chi connectivity index (χ4v) is 2.47. The van der Waals surface area contributed by atoms with Crippen LogP contribution in [0.1, 0.15) is 5.56 Å². The fourth-order valence-electron chi connectivity index (χ4n) is 2.47. The van der Waals surface area contributed by atoms with Gasteiger partial charge in [0.2, 0.25) is 11.9 Å². The van der Waals surface area contributed by atoms with Crippen molar-refractivity contribution in [3.63, 3.8) is 0 Å². The molecule has 2 amide bonds. The number of cyclic esters (lactones) is 2.